The lowest BCUT2D eigenvalue weighted by molar-refractivity contribution is 0.0950. The number of rotatable bonds is 4. The van der Waals surface area contributed by atoms with Crippen LogP contribution in [0.5, 0.6) is 0 Å². The van der Waals surface area contributed by atoms with Gasteiger partial charge in [0.25, 0.3) is 5.91 Å². The lowest BCUT2D eigenvalue weighted by Gasteiger charge is -2.07. The number of carbonyl (C=O) groups is 1. The summed E-state index contributed by atoms with van der Waals surface area (Å²) in [6, 6.07) is 7.90. The monoisotopic (exact) mass is 278 g/mol. The molecule has 98 valence electrons. The van der Waals surface area contributed by atoms with Crippen LogP contribution in [0.25, 0.3) is 0 Å². The molecule has 0 atom stereocenters. The summed E-state index contributed by atoms with van der Waals surface area (Å²) in [6.45, 7) is 0.398. The summed E-state index contributed by atoms with van der Waals surface area (Å²) >= 11 is 5.81. The smallest absolute Gasteiger partial charge is 0.255 e. The van der Waals surface area contributed by atoms with Crippen LogP contribution in [-0.4, -0.2) is 17.4 Å². The van der Waals surface area contributed by atoms with Crippen LogP contribution < -0.4 is 5.32 Å². The first kappa shape index (κ1) is 13.5. The number of pyridine rings is 1. The molecule has 1 amide bonds. The summed E-state index contributed by atoms with van der Waals surface area (Å²) in [5, 5.41) is 2.75. The quantitative estimate of drug-likeness (QED) is 0.934. The molecule has 0 aliphatic rings. The second kappa shape index (κ2) is 6.29. The molecule has 0 bridgehead atoms. The molecule has 0 saturated carbocycles. The van der Waals surface area contributed by atoms with Gasteiger partial charge < -0.3 is 5.32 Å². The molecule has 0 radical (unpaired) electrons. The minimum Gasteiger partial charge on any atom is -0.352 e. The number of nitrogens with zero attached hydrogens (tertiary/aromatic N) is 1. The van der Waals surface area contributed by atoms with E-state index >= 15 is 0 Å². The van der Waals surface area contributed by atoms with Gasteiger partial charge in [0, 0.05) is 18.9 Å². The van der Waals surface area contributed by atoms with Gasteiger partial charge in [-0.15, -0.1) is 0 Å². The van der Waals surface area contributed by atoms with Crippen molar-refractivity contribution in [2.24, 2.45) is 0 Å². The zero-order valence-electron chi connectivity index (χ0n) is 10.1. The largest absolute Gasteiger partial charge is 0.352 e. The Balaban J connectivity index is 1.95. The molecule has 1 aromatic carbocycles. The maximum Gasteiger partial charge on any atom is 0.255 e. The van der Waals surface area contributed by atoms with Gasteiger partial charge in [-0.1, -0.05) is 23.7 Å². The van der Waals surface area contributed by atoms with E-state index < -0.39 is 11.7 Å². The molecular weight excluding hydrogens is 267 g/mol. The highest BCUT2D eigenvalue weighted by molar-refractivity contribution is 6.33. The zero-order chi connectivity index (χ0) is 13.7. The molecule has 3 nitrogen and oxygen atoms in total. The van der Waals surface area contributed by atoms with E-state index in [4.69, 9.17) is 11.6 Å². The molecule has 1 heterocycles. The molecule has 2 rings (SSSR count). The Labute approximate surface area is 115 Å². The summed E-state index contributed by atoms with van der Waals surface area (Å²) in [4.78, 5) is 15.8. The molecule has 2 aromatic rings. The molecule has 0 fully saturated rings. The topological polar surface area (TPSA) is 42.0 Å². The van der Waals surface area contributed by atoms with Gasteiger partial charge in [0.1, 0.15) is 5.82 Å². The maximum atomic E-state index is 13.5. The molecule has 0 saturated heterocycles. The molecule has 0 spiro atoms. The van der Waals surface area contributed by atoms with Crippen LogP contribution in [0, 0.1) is 5.82 Å². The first-order valence-corrected chi connectivity index (χ1v) is 6.17. The van der Waals surface area contributed by atoms with Crippen LogP contribution in [0.2, 0.25) is 5.02 Å². The third kappa shape index (κ3) is 3.51. The van der Waals surface area contributed by atoms with Crippen molar-refractivity contribution >= 4 is 17.5 Å². The fraction of sp³-hybridized carbons (Fsp3) is 0.143. The number of benzene rings is 1. The minimum atomic E-state index is -0.619. The van der Waals surface area contributed by atoms with Gasteiger partial charge in [-0.25, -0.2) is 4.39 Å². The fourth-order valence-electron chi connectivity index (χ4n) is 1.67. The van der Waals surface area contributed by atoms with Gasteiger partial charge in [0.05, 0.1) is 10.6 Å². The second-order valence-corrected chi connectivity index (χ2v) is 4.37. The number of hydrogen-bond acceptors (Lipinski definition) is 2. The third-order valence-corrected chi connectivity index (χ3v) is 2.93. The first-order chi connectivity index (χ1) is 9.18. The van der Waals surface area contributed by atoms with Crippen molar-refractivity contribution in [2.45, 2.75) is 6.42 Å². The molecule has 0 aliphatic carbocycles. The second-order valence-electron chi connectivity index (χ2n) is 3.96. The SMILES string of the molecule is O=C(NCCc1cccnc1)c1c(F)cccc1Cl. The van der Waals surface area contributed by atoms with Gasteiger partial charge in [-0.05, 0) is 30.2 Å². The predicted molar refractivity (Wildman–Crippen MR) is 71.7 cm³/mol. The van der Waals surface area contributed by atoms with E-state index in [1.165, 1.54) is 18.2 Å². The van der Waals surface area contributed by atoms with Crippen LogP contribution in [0.3, 0.4) is 0 Å². The van der Waals surface area contributed by atoms with Crippen molar-refractivity contribution in [2.75, 3.05) is 6.54 Å². The van der Waals surface area contributed by atoms with Gasteiger partial charge >= 0.3 is 0 Å². The Morgan fingerprint density at radius 2 is 2.16 bits per heavy atom. The van der Waals surface area contributed by atoms with Crippen LogP contribution in [0.4, 0.5) is 4.39 Å². The molecule has 0 unspecified atom stereocenters. The Morgan fingerprint density at radius 1 is 1.32 bits per heavy atom. The minimum absolute atomic E-state index is 0.110. The van der Waals surface area contributed by atoms with E-state index in [0.29, 0.717) is 13.0 Å². The van der Waals surface area contributed by atoms with Crippen molar-refractivity contribution in [1.82, 2.24) is 10.3 Å². The number of aromatic nitrogens is 1. The molecular formula is C14H12ClFN2O. The average molecular weight is 279 g/mol. The number of hydrogen-bond donors (Lipinski definition) is 1. The lowest BCUT2D eigenvalue weighted by atomic mass is 10.2. The number of carbonyl (C=O) groups excluding carboxylic acids is 1. The van der Waals surface area contributed by atoms with E-state index in [0.717, 1.165) is 5.56 Å². The Kier molecular flexibility index (Phi) is 4.47. The normalized spacial score (nSPS) is 10.2. The molecule has 1 aromatic heterocycles. The van der Waals surface area contributed by atoms with Crippen LogP contribution >= 0.6 is 11.6 Å². The number of nitrogens with one attached hydrogen (secondary N) is 1. The number of halogens is 2. The van der Waals surface area contributed by atoms with E-state index in [9.17, 15) is 9.18 Å². The van der Waals surface area contributed by atoms with Crippen molar-refractivity contribution in [3.8, 4) is 0 Å². The molecule has 0 aliphatic heterocycles. The summed E-state index contributed by atoms with van der Waals surface area (Å²) in [5.74, 6) is -1.13. The summed E-state index contributed by atoms with van der Waals surface area (Å²) in [6.07, 6.45) is 4.04. The number of amides is 1. The van der Waals surface area contributed by atoms with Crippen molar-refractivity contribution in [3.63, 3.8) is 0 Å². The summed E-state index contributed by atoms with van der Waals surface area (Å²) < 4.78 is 13.5. The molecule has 5 heteroatoms. The van der Waals surface area contributed by atoms with Gasteiger partial charge in [0.2, 0.25) is 0 Å². The highest BCUT2D eigenvalue weighted by Crippen LogP contribution is 2.18. The lowest BCUT2D eigenvalue weighted by Crippen LogP contribution is -2.26. The van der Waals surface area contributed by atoms with Crippen LogP contribution in [0.1, 0.15) is 15.9 Å². The van der Waals surface area contributed by atoms with E-state index in [1.54, 1.807) is 12.4 Å². The van der Waals surface area contributed by atoms with E-state index in [1.807, 2.05) is 12.1 Å². The van der Waals surface area contributed by atoms with Gasteiger partial charge in [-0.2, -0.15) is 0 Å². The van der Waals surface area contributed by atoms with Crippen molar-refractivity contribution in [1.29, 1.82) is 0 Å². The highest BCUT2D eigenvalue weighted by Gasteiger charge is 2.14. The van der Waals surface area contributed by atoms with E-state index in [2.05, 4.69) is 10.3 Å². The third-order valence-electron chi connectivity index (χ3n) is 2.61. The summed E-state index contributed by atoms with van der Waals surface area (Å²) in [7, 11) is 0. The summed E-state index contributed by atoms with van der Waals surface area (Å²) in [5.41, 5.74) is 0.887. The average Bonchev–Trinajstić information content (AvgIpc) is 2.40. The zero-order valence-corrected chi connectivity index (χ0v) is 10.8. The Bertz CT molecular complexity index is 555. The Hall–Kier alpha value is -1.94. The molecule has 19 heavy (non-hydrogen) atoms. The highest BCUT2D eigenvalue weighted by atomic mass is 35.5. The van der Waals surface area contributed by atoms with Gasteiger partial charge in [-0.3, -0.25) is 9.78 Å². The fourth-order valence-corrected chi connectivity index (χ4v) is 1.92. The van der Waals surface area contributed by atoms with E-state index in [-0.39, 0.29) is 10.6 Å². The van der Waals surface area contributed by atoms with Crippen molar-refractivity contribution in [3.05, 3.63) is 64.7 Å². The molecule has 1 N–H and O–H groups in total. The van der Waals surface area contributed by atoms with Crippen LogP contribution in [0.15, 0.2) is 42.7 Å². The van der Waals surface area contributed by atoms with Gasteiger partial charge in [0.15, 0.2) is 0 Å². The predicted octanol–water partition coefficient (Wildman–Crippen LogP) is 2.85. The maximum absolute atomic E-state index is 13.5. The first-order valence-electron chi connectivity index (χ1n) is 5.79. The van der Waals surface area contributed by atoms with Crippen molar-refractivity contribution < 1.29 is 9.18 Å². The standard InChI is InChI=1S/C14H12ClFN2O/c15-11-4-1-5-12(16)13(11)14(19)18-8-6-10-3-2-7-17-9-10/h1-5,7,9H,6,8H2,(H,18,19). The van der Waals surface area contributed by atoms with Crippen LogP contribution in [-0.2, 0) is 6.42 Å². The Morgan fingerprint density at radius 3 is 2.84 bits per heavy atom.